The van der Waals surface area contributed by atoms with Gasteiger partial charge in [-0.1, -0.05) is 11.3 Å². The van der Waals surface area contributed by atoms with E-state index in [4.69, 9.17) is 10.7 Å². The van der Waals surface area contributed by atoms with E-state index in [1.165, 1.54) is 46.1 Å². The second-order valence-electron chi connectivity index (χ2n) is 5.98. The molecular formula is C17H15N5S. The van der Waals surface area contributed by atoms with Crippen LogP contribution in [0.25, 0.3) is 32.4 Å². The molecule has 23 heavy (non-hydrogen) atoms. The second-order valence-corrected chi connectivity index (χ2v) is 7.04. The maximum atomic E-state index is 5.83. The Balaban J connectivity index is 1.92. The van der Waals surface area contributed by atoms with Crippen molar-refractivity contribution in [2.45, 2.75) is 25.7 Å². The number of aromatic amines is 1. The zero-order valence-electron chi connectivity index (χ0n) is 12.5. The fourth-order valence-electron chi connectivity index (χ4n) is 3.65. The van der Waals surface area contributed by atoms with Crippen molar-refractivity contribution in [2.24, 2.45) is 0 Å². The molecule has 0 bridgehead atoms. The van der Waals surface area contributed by atoms with Gasteiger partial charge in [0, 0.05) is 17.0 Å². The first-order valence-electron chi connectivity index (χ1n) is 7.80. The van der Waals surface area contributed by atoms with Crippen LogP contribution in [0, 0.1) is 0 Å². The quantitative estimate of drug-likeness (QED) is 0.560. The average Bonchev–Trinajstić information content (AvgIpc) is 3.22. The number of H-pyrrole nitrogens is 1. The van der Waals surface area contributed by atoms with Gasteiger partial charge in [0.1, 0.15) is 0 Å². The molecule has 3 N–H and O–H groups in total. The van der Waals surface area contributed by atoms with Crippen molar-refractivity contribution in [3.63, 3.8) is 0 Å². The molecule has 0 radical (unpaired) electrons. The van der Waals surface area contributed by atoms with E-state index in [1.54, 1.807) is 0 Å². The van der Waals surface area contributed by atoms with E-state index >= 15 is 0 Å². The van der Waals surface area contributed by atoms with Gasteiger partial charge < -0.3 is 5.73 Å². The third-order valence-corrected chi connectivity index (χ3v) is 5.48. The molecule has 0 spiro atoms. The molecule has 0 atom stereocenters. The number of nitrogens with two attached hydrogens (primary N) is 1. The summed E-state index contributed by atoms with van der Waals surface area (Å²) in [7, 11) is 0. The smallest absolute Gasteiger partial charge is 0.180 e. The number of thiazole rings is 1. The lowest BCUT2D eigenvalue weighted by atomic mass is 9.87. The molecule has 4 aromatic rings. The number of benzene rings is 1. The molecule has 0 amide bonds. The molecule has 1 aliphatic rings. The van der Waals surface area contributed by atoms with Crippen LogP contribution in [0.4, 0.5) is 5.13 Å². The number of nitrogen functional groups attached to an aromatic ring is 1. The molecule has 0 saturated heterocycles. The van der Waals surface area contributed by atoms with Crippen molar-refractivity contribution in [2.75, 3.05) is 5.73 Å². The van der Waals surface area contributed by atoms with Crippen LogP contribution >= 0.6 is 11.3 Å². The summed E-state index contributed by atoms with van der Waals surface area (Å²) in [5, 5.41) is 10.3. The minimum Gasteiger partial charge on any atom is -0.375 e. The van der Waals surface area contributed by atoms with Gasteiger partial charge in [-0.15, -0.1) is 0 Å². The molecular weight excluding hydrogens is 306 g/mol. The summed E-state index contributed by atoms with van der Waals surface area (Å²) in [6.07, 6.45) is 8.37. The lowest BCUT2D eigenvalue weighted by Crippen LogP contribution is -2.07. The van der Waals surface area contributed by atoms with Gasteiger partial charge in [0.15, 0.2) is 5.13 Å². The highest BCUT2D eigenvalue weighted by Gasteiger charge is 2.21. The molecule has 0 unspecified atom stereocenters. The number of anilines is 1. The van der Waals surface area contributed by atoms with Gasteiger partial charge in [-0.25, -0.2) is 9.97 Å². The fraction of sp³-hybridized carbons (Fsp3) is 0.235. The fourth-order valence-corrected chi connectivity index (χ4v) is 4.35. The summed E-state index contributed by atoms with van der Waals surface area (Å²) in [6, 6.07) is 4.14. The van der Waals surface area contributed by atoms with Crippen molar-refractivity contribution in [1.29, 1.82) is 0 Å². The molecule has 5 rings (SSSR count). The minimum atomic E-state index is 0.594. The molecule has 0 saturated carbocycles. The number of rotatable bonds is 1. The van der Waals surface area contributed by atoms with Crippen LogP contribution in [0.5, 0.6) is 0 Å². The maximum Gasteiger partial charge on any atom is 0.180 e. The first kappa shape index (κ1) is 13.0. The Morgan fingerprint density at radius 1 is 1.09 bits per heavy atom. The van der Waals surface area contributed by atoms with E-state index in [2.05, 4.69) is 27.3 Å². The lowest BCUT2D eigenvalue weighted by molar-refractivity contribution is 0.689. The monoisotopic (exact) mass is 321 g/mol. The Morgan fingerprint density at radius 2 is 1.96 bits per heavy atom. The predicted octanol–water partition coefficient (Wildman–Crippen LogP) is 3.70. The van der Waals surface area contributed by atoms with E-state index in [1.807, 2.05) is 12.4 Å². The first-order valence-corrected chi connectivity index (χ1v) is 8.62. The van der Waals surface area contributed by atoms with Crippen molar-refractivity contribution in [3.05, 3.63) is 35.7 Å². The standard InChI is InChI=1S/C17H15N5S/c18-17-19-8-14(23-17)16-10-4-2-1-3-9(10)15-11-7-20-22-12(11)5-6-13(15)21-16/h5-8H,1-4H2,(H2,18,19)(H,20,22). The highest BCUT2D eigenvalue weighted by atomic mass is 32.1. The van der Waals surface area contributed by atoms with Gasteiger partial charge in [0.2, 0.25) is 0 Å². The van der Waals surface area contributed by atoms with Gasteiger partial charge in [-0.3, -0.25) is 5.10 Å². The van der Waals surface area contributed by atoms with Crippen LogP contribution in [0.15, 0.2) is 24.5 Å². The third-order valence-electron chi connectivity index (χ3n) is 4.65. The Kier molecular flexibility index (Phi) is 2.69. The van der Waals surface area contributed by atoms with Crippen LogP contribution in [0.3, 0.4) is 0 Å². The number of fused-ring (bicyclic) bond motifs is 5. The van der Waals surface area contributed by atoms with Gasteiger partial charge in [-0.2, -0.15) is 5.10 Å². The third kappa shape index (κ3) is 1.88. The van der Waals surface area contributed by atoms with E-state index in [0.717, 1.165) is 34.4 Å². The number of aromatic nitrogens is 4. The van der Waals surface area contributed by atoms with Crippen molar-refractivity contribution >= 4 is 38.3 Å². The zero-order chi connectivity index (χ0) is 15.4. The predicted molar refractivity (Wildman–Crippen MR) is 93.6 cm³/mol. The largest absolute Gasteiger partial charge is 0.375 e. The number of aryl methyl sites for hydroxylation is 1. The molecule has 6 heteroatoms. The number of pyridine rings is 1. The molecule has 5 nitrogen and oxygen atoms in total. The Bertz CT molecular complexity index is 1050. The highest BCUT2D eigenvalue weighted by Crippen LogP contribution is 2.39. The van der Waals surface area contributed by atoms with E-state index in [0.29, 0.717) is 5.13 Å². The highest BCUT2D eigenvalue weighted by molar-refractivity contribution is 7.18. The summed E-state index contributed by atoms with van der Waals surface area (Å²) in [6.45, 7) is 0. The topological polar surface area (TPSA) is 80.5 Å². The van der Waals surface area contributed by atoms with Crippen LogP contribution < -0.4 is 5.73 Å². The van der Waals surface area contributed by atoms with Gasteiger partial charge in [0.05, 0.1) is 27.8 Å². The number of hydrogen-bond acceptors (Lipinski definition) is 5. The summed E-state index contributed by atoms with van der Waals surface area (Å²) in [4.78, 5) is 10.2. The number of hydrogen-bond donors (Lipinski definition) is 2. The van der Waals surface area contributed by atoms with Crippen molar-refractivity contribution in [1.82, 2.24) is 20.2 Å². The molecule has 114 valence electrons. The molecule has 3 heterocycles. The van der Waals surface area contributed by atoms with E-state index in [-0.39, 0.29) is 0 Å². The lowest BCUT2D eigenvalue weighted by Gasteiger charge is -2.21. The Hall–Kier alpha value is -2.47. The average molecular weight is 321 g/mol. The summed E-state index contributed by atoms with van der Waals surface area (Å²) in [5.74, 6) is 0. The van der Waals surface area contributed by atoms with Crippen molar-refractivity contribution in [3.8, 4) is 10.6 Å². The zero-order valence-corrected chi connectivity index (χ0v) is 13.3. The molecule has 1 aliphatic carbocycles. The van der Waals surface area contributed by atoms with Gasteiger partial charge in [-0.05, 0) is 48.9 Å². The first-order chi connectivity index (χ1) is 11.3. The van der Waals surface area contributed by atoms with Crippen LogP contribution in [0.2, 0.25) is 0 Å². The minimum absolute atomic E-state index is 0.594. The van der Waals surface area contributed by atoms with Crippen LogP contribution in [-0.4, -0.2) is 20.2 Å². The van der Waals surface area contributed by atoms with Gasteiger partial charge >= 0.3 is 0 Å². The SMILES string of the molecule is Nc1ncc(-c2nc3ccc4[nH]ncc4c3c3c2CCCC3)s1. The molecule has 1 aromatic carbocycles. The molecule has 0 aliphatic heterocycles. The van der Waals surface area contributed by atoms with E-state index < -0.39 is 0 Å². The van der Waals surface area contributed by atoms with Crippen LogP contribution in [0.1, 0.15) is 24.0 Å². The number of nitrogens with zero attached hydrogens (tertiary/aromatic N) is 3. The Labute approximate surface area is 136 Å². The number of nitrogens with one attached hydrogen (secondary N) is 1. The summed E-state index contributed by atoms with van der Waals surface area (Å²) < 4.78 is 0. The summed E-state index contributed by atoms with van der Waals surface area (Å²) >= 11 is 1.51. The maximum absolute atomic E-state index is 5.83. The molecule has 0 fully saturated rings. The van der Waals surface area contributed by atoms with Gasteiger partial charge in [0.25, 0.3) is 0 Å². The summed E-state index contributed by atoms with van der Waals surface area (Å²) in [5.41, 5.74) is 11.8. The Morgan fingerprint density at radius 3 is 2.78 bits per heavy atom. The van der Waals surface area contributed by atoms with E-state index in [9.17, 15) is 0 Å². The van der Waals surface area contributed by atoms with Crippen LogP contribution in [-0.2, 0) is 12.8 Å². The molecule has 3 aromatic heterocycles. The normalized spacial score (nSPS) is 14.4. The second kappa shape index (κ2) is 4.76. The van der Waals surface area contributed by atoms with Crippen molar-refractivity contribution < 1.29 is 0 Å².